The summed E-state index contributed by atoms with van der Waals surface area (Å²) < 4.78 is 8.11. The van der Waals surface area contributed by atoms with Gasteiger partial charge in [0.15, 0.2) is 0 Å². The van der Waals surface area contributed by atoms with Crippen molar-refractivity contribution in [3.05, 3.63) is 126 Å². The highest BCUT2D eigenvalue weighted by molar-refractivity contribution is 5.84. The van der Waals surface area contributed by atoms with E-state index in [0.29, 0.717) is 6.61 Å². The Morgan fingerprint density at radius 2 is 1.41 bits per heavy atom. The Balaban J connectivity index is 1.33. The highest BCUT2D eigenvalue weighted by atomic mass is 16.5. The van der Waals surface area contributed by atoms with Crippen LogP contribution in [0, 0.1) is 0 Å². The summed E-state index contributed by atoms with van der Waals surface area (Å²) in [5.74, 6) is 0.875. The first-order valence-electron chi connectivity index (χ1n) is 10.8. The molecule has 1 N–H and O–H groups in total. The topological polar surface area (TPSA) is 34.4 Å². The van der Waals surface area contributed by atoms with E-state index in [1.165, 1.54) is 10.9 Å². The molecule has 0 fully saturated rings. The van der Waals surface area contributed by atoms with E-state index in [2.05, 4.69) is 65.4 Å². The molecule has 4 aromatic carbocycles. The normalized spacial score (nSPS) is 11.0. The van der Waals surface area contributed by atoms with Crippen LogP contribution in [-0.4, -0.2) is 9.67 Å². The standard InChI is InChI=1S/C29H25NO2/c31-20-27-18-30(19-29(27)24-9-5-2-6-10-24)17-23-11-12-26-16-28(14-13-25(26)15-23)32-21-22-7-3-1-4-8-22/h1-16,18-19,31H,17,20-21H2. The number of aliphatic hydroxyl groups excluding tert-OH is 1. The van der Waals surface area contributed by atoms with Crippen LogP contribution in [0.4, 0.5) is 0 Å². The Morgan fingerprint density at radius 3 is 2.19 bits per heavy atom. The molecule has 0 saturated heterocycles. The van der Waals surface area contributed by atoms with Crippen LogP contribution in [0.15, 0.2) is 109 Å². The van der Waals surface area contributed by atoms with Gasteiger partial charge in [0, 0.05) is 30.1 Å². The number of hydrogen-bond acceptors (Lipinski definition) is 2. The van der Waals surface area contributed by atoms with Crippen molar-refractivity contribution in [1.29, 1.82) is 0 Å². The van der Waals surface area contributed by atoms with Gasteiger partial charge in [-0.15, -0.1) is 0 Å². The number of aliphatic hydroxyl groups is 1. The van der Waals surface area contributed by atoms with Gasteiger partial charge in [0.05, 0.1) is 6.61 Å². The van der Waals surface area contributed by atoms with Crippen LogP contribution >= 0.6 is 0 Å². The van der Waals surface area contributed by atoms with E-state index in [1.54, 1.807) is 0 Å². The molecule has 5 aromatic rings. The van der Waals surface area contributed by atoms with Crippen molar-refractivity contribution in [2.75, 3.05) is 0 Å². The molecule has 0 aliphatic carbocycles. The van der Waals surface area contributed by atoms with Crippen LogP contribution in [0.2, 0.25) is 0 Å². The van der Waals surface area contributed by atoms with Gasteiger partial charge in [-0.3, -0.25) is 0 Å². The average Bonchev–Trinajstić information content (AvgIpc) is 3.26. The van der Waals surface area contributed by atoms with Crippen LogP contribution in [0.5, 0.6) is 5.75 Å². The van der Waals surface area contributed by atoms with Gasteiger partial charge in [0.25, 0.3) is 0 Å². The van der Waals surface area contributed by atoms with E-state index in [9.17, 15) is 5.11 Å². The van der Waals surface area contributed by atoms with Gasteiger partial charge in [0.2, 0.25) is 0 Å². The smallest absolute Gasteiger partial charge is 0.120 e. The first-order chi connectivity index (χ1) is 15.8. The van der Waals surface area contributed by atoms with Crippen molar-refractivity contribution in [1.82, 2.24) is 4.57 Å². The number of rotatable bonds is 7. The lowest BCUT2D eigenvalue weighted by Crippen LogP contribution is -1.97. The molecule has 5 rings (SSSR count). The Kier molecular flexibility index (Phi) is 5.73. The molecule has 3 heteroatoms. The summed E-state index contributed by atoms with van der Waals surface area (Å²) in [6.45, 7) is 1.34. The lowest BCUT2D eigenvalue weighted by Gasteiger charge is -2.09. The van der Waals surface area contributed by atoms with Crippen LogP contribution < -0.4 is 4.74 Å². The van der Waals surface area contributed by atoms with Gasteiger partial charge < -0.3 is 14.4 Å². The third-order valence-corrected chi connectivity index (χ3v) is 5.71. The fraction of sp³-hybridized carbons (Fsp3) is 0.103. The molecule has 3 nitrogen and oxygen atoms in total. The van der Waals surface area contributed by atoms with Crippen molar-refractivity contribution < 1.29 is 9.84 Å². The molecular formula is C29H25NO2. The zero-order valence-electron chi connectivity index (χ0n) is 17.8. The number of ether oxygens (including phenoxy) is 1. The molecule has 0 spiro atoms. The lowest BCUT2D eigenvalue weighted by atomic mass is 10.1. The van der Waals surface area contributed by atoms with E-state index >= 15 is 0 Å². The van der Waals surface area contributed by atoms with Crippen LogP contribution in [0.1, 0.15) is 16.7 Å². The number of aromatic nitrogens is 1. The SMILES string of the molecule is OCc1cn(Cc2ccc3cc(OCc4ccccc4)ccc3c2)cc1-c1ccccc1. The molecule has 0 aliphatic rings. The van der Waals surface area contributed by atoms with Gasteiger partial charge in [-0.05, 0) is 45.7 Å². The Morgan fingerprint density at radius 1 is 0.688 bits per heavy atom. The molecule has 0 radical (unpaired) electrons. The molecule has 0 atom stereocenters. The molecule has 0 saturated carbocycles. The zero-order valence-corrected chi connectivity index (χ0v) is 17.8. The van der Waals surface area contributed by atoms with Crippen molar-refractivity contribution in [3.63, 3.8) is 0 Å². The van der Waals surface area contributed by atoms with Gasteiger partial charge >= 0.3 is 0 Å². The second kappa shape index (κ2) is 9.13. The summed E-state index contributed by atoms with van der Waals surface area (Å²) in [7, 11) is 0. The molecule has 0 bridgehead atoms. The summed E-state index contributed by atoms with van der Waals surface area (Å²) in [5.41, 5.74) is 5.52. The highest BCUT2D eigenvalue weighted by Gasteiger charge is 2.09. The number of nitrogens with zero attached hydrogens (tertiary/aromatic N) is 1. The highest BCUT2D eigenvalue weighted by Crippen LogP contribution is 2.27. The summed E-state index contributed by atoms with van der Waals surface area (Å²) in [6.07, 6.45) is 4.15. The first kappa shape index (κ1) is 20.1. The van der Waals surface area contributed by atoms with Gasteiger partial charge in [-0.1, -0.05) is 78.9 Å². The lowest BCUT2D eigenvalue weighted by molar-refractivity contribution is 0.282. The number of benzene rings is 4. The number of fused-ring (bicyclic) bond motifs is 1. The monoisotopic (exact) mass is 419 g/mol. The summed E-state index contributed by atoms with van der Waals surface area (Å²) >= 11 is 0. The molecule has 0 amide bonds. The van der Waals surface area contributed by atoms with Crippen molar-refractivity contribution in [2.45, 2.75) is 19.8 Å². The fourth-order valence-electron chi connectivity index (χ4n) is 4.06. The Labute approximate surface area is 188 Å². The van der Waals surface area contributed by atoms with Crippen molar-refractivity contribution >= 4 is 10.8 Å². The second-order valence-corrected chi connectivity index (χ2v) is 8.01. The molecule has 158 valence electrons. The van der Waals surface area contributed by atoms with E-state index < -0.39 is 0 Å². The maximum atomic E-state index is 9.82. The van der Waals surface area contributed by atoms with Gasteiger partial charge in [-0.25, -0.2) is 0 Å². The summed E-state index contributed by atoms with van der Waals surface area (Å²) in [4.78, 5) is 0. The molecular weight excluding hydrogens is 394 g/mol. The fourth-order valence-corrected chi connectivity index (χ4v) is 4.06. The minimum atomic E-state index is 0.0285. The van der Waals surface area contributed by atoms with Gasteiger partial charge in [0.1, 0.15) is 12.4 Å². The zero-order chi connectivity index (χ0) is 21.8. The summed E-state index contributed by atoms with van der Waals surface area (Å²) in [5, 5.41) is 12.2. The molecule has 32 heavy (non-hydrogen) atoms. The third-order valence-electron chi connectivity index (χ3n) is 5.71. The predicted octanol–water partition coefficient (Wildman–Crippen LogP) is 6.43. The molecule has 1 aromatic heterocycles. The maximum absolute atomic E-state index is 9.82. The van der Waals surface area contributed by atoms with Crippen LogP contribution in [0.25, 0.3) is 21.9 Å². The largest absolute Gasteiger partial charge is 0.489 e. The maximum Gasteiger partial charge on any atom is 0.120 e. The van der Waals surface area contributed by atoms with E-state index in [0.717, 1.165) is 39.9 Å². The Hall–Kier alpha value is -3.82. The Bertz CT molecular complexity index is 1320. The van der Waals surface area contributed by atoms with E-state index in [4.69, 9.17) is 4.74 Å². The summed E-state index contributed by atoms with van der Waals surface area (Å²) in [6, 6.07) is 33.2. The third kappa shape index (κ3) is 4.43. The first-order valence-corrected chi connectivity index (χ1v) is 10.8. The van der Waals surface area contributed by atoms with Gasteiger partial charge in [-0.2, -0.15) is 0 Å². The predicted molar refractivity (Wildman–Crippen MR) is 130 cm³/mol. The molecule has 0 unspecified atom stereocenters. The minimum absolute atomic E-state index is 0.0285. The average molecular weight is 420 g/mol. The van der Waals surface area contributed by atoms with Crippen LogP contribution in [-0.2, 0) is 19.8 Å². The van der Waals surface area contributed by atoms with E-state index in [-0.39, 0.29) is 6.61 Å². The molecule has 1 heterocycles. The van der Waals surface area contributed by atoms with E-state index in [1.807, 2.05) is 48.7 Å². The molecule has 0 aliphatic heterocycles. The second-order valence-electron chi connectivity index (χ2n) is 8.01. The number of hydrogen-bond donors (Lipinski definition) is 1. The van der Waals surface area contributed by atoms with Crippen LogP contribution in [0.3, 0.4) is 0 Å². The minimum Gasteiger partial charge on any atom is -0.489 e. The van der Waals surface area contributed by atoms with Crippen molar-refractivity contribution in [3.8, 4) is 16.9 Å². The van der Waals surface area contributed by atoms with Crippen molar-refractivity contribution in [2.24, 2.45) is 0 Å². The quantitative estimate of drug-likeness (QED) is 0.330.